The van der Waals surface area contributed by atoms with Crippen molar-refractivity contribution >= 4 is 0 Å². The summed E-state index contributed by atoms with van der Waals surface area (Å²) in [5.41, 5.74) is 0.694. The highest BCUT2D eigenvalue weighted by atomic mass is 19.1. The molecule has 1 aromatic heterocycles. The lowest BCUT2D eigenvalue weighted by atomic mass is 10.1. The fourth-order valence-electron chi connectivity index (χ4n) is 3.29. The second-order valence-corrected chi connectivity index (χ2v) is 6.55. The topological polar surface area (TPSA) is 47.4 Å². The van der Waals surface area contributed by atoms with Gasteiger partial charge in [-0.25, -0.2) is 9.07 Å². The van der Waals surface area contributed by atoms with E-state index in [4.69, 9.17) is 4.74 Å². The van der Waals surface area contributed by atoms with Crippen LogP contribution in [0.2, 0.25) is 0 Å². The number of halogens is 1. The van der Waals surface area contributed by atoms with E-state index in [0.717, 1.165) is 19.5 Å². The summed E-state index contributed by atoms with van der Waals surface area (Å²) in [7, 11) is 1.57. The maximum absolute atomic E-state index is 14.3. The number of ether oxygens (including phenoxy) is 1. The van der Waals surface area contributed by atoms with Crippen molar-refractivity contribution in [2.75, 3.05) is 19.7 Å². The van der Waals surface area contributed by atoms with E-state index < -0.39 is 5.82 Å². The van der Waals surface area contributed by atoms with E-state index >= 15 is 0 Å². The Hall–Kier alpha value is -2.21. The molecule has 2 heterocycles. The number of aryl methyl sites for hydroxylation is 1. The molecule has 0 aliphatic carbocycles. The van der Waals surface area contributed by atoms with Crippen molar-refractivity contribution in [3.8, 4) is 16.9 Å². The SMILES string of the molecule is C[C@@H]1CCCN1CCCOc1ccc(-c2ccnn(C)c2=O)cc1F. The number of benzene rings is 1. The van der Waals surface area contributed by atoms with Crippen LogP contribution in [0.25, 0.3) is 11.1 Å². The summed E-state index contributed by atoms with van der Waals surface area (Å²) in [5, 5.41) is 3.87. The van der Waals surface area contributed by atoms with Crippen LogP contribution in [0, 0.1) is 5.82 Å². The quantitative estimate of drug-likeness (QED) is 0.756. The third-order valence-corrected chi connectivity index (χ3v) is 4.79. The molecule has 0 amide bonds. The molecule has 0 N–H and O–H groups in total. The molecule has 2 aromatic rings. The van der Waals surface area contributed by atoms with Crippen LogP contribution in [0.1, 0.15) is 26.2 Å². The van der Waals surface area contributed by atoms with Gasteiger partial charge in [0.15, 0.2) is 11.6 Å². The van der Waals surface area contributed by atoms with E-state index in [1.165, 1.54) is 29.8 Å². The van der Waals surface area contributed by atoms with Gasteiger partial charge in [-0.15, -0.1) is 0 Å². The first-order chi connectivity index (χ1) is 12.1. The second-order valence-electron chi connectivity index (χ2n) is 6.55. The Labute approximate surface area is 147 Å². The second kappa shape index (κ2) is 7.78. The van der Waals surface area contributed by atoms with E-state index in [2.05, 4.69) is 16.9 Å². The normalized spacial score (nSPS) is 17.8. The van der Waals surface area contributed by atoms with Crippen molar-refractivity contribution < 1.29 is 9.13 Å². The van der Waals surface area contributed by atoms with Crippen molar-refractivity contribution in [1.29, 1.82) is 0 Å². The third kappa shape index (κ3) is 4.07. The van der Waals surface area contributed by atoms with Crippen LogP contribution in [0.4, 0.5) is 4.39 Å². The molecule has 1 fully saturated rings. The van der Waals surface area contributed by atoms with Gasteiger partial charge in [0.25, 0.3) is 5.56 Å². The standard InChI is InChI=1S/C19H24FN3O2/c1-14-5-3-10-23(14)11-4-12-25-18-7-6-15(13-17(18)20)16-8-9-21-22(2)19(16)24/h6-9,13-14H,3-5,10-12H2,1-2H3/t14-/m1/s1. The maximum atomic E-state index is 14.3. The van der Waals surface area contributed by atoms with E-state index in [9.17, 15) is 9.18 Å². The first-order valence-electron chi connectivity index (χ1n) is 8.75. The average Bonchev–Trinajstić information content (AvgIpc) is 3.00. The predicted molar refractivity (Wildman–Crippen MR) is 95.3 cm³/mol. The summed E-state index contributed by atoms with van der Waals surface area (Å²) in [6.07, 6.45) is 4.91. The molecule has 0 bridgehead atoms. The lowest BCUT2D eigenvalue weighted by Gasteiger charge is -2.20. The van der Waals surface area contributed by atoms with Gasteiger partial charge in [-0.1, -0.05) is 6.07 Å². The highest BCUT2D eigenvalue weighted by molar-refractivity contribution is 5.63. The molecule has 1 aliphatic heterocycles. The van der Waals surface area contributed by atoms with Crippen LogP contribution in [0.15, 0.2) is 35.3 Å². The van der Waals surface area contributed by atoms with Gasteiger partial charge in [-0.3, -0.25) is 4.79 Å². The van der Waals surface area contributed by atoms with Crippen molar-refractivity contribution in [1.82, 2.24) is 14.7 Å². The van der Waals surface area contributed by atoms with Crippen molar-refractivity contribution in [2.24, 2.45) is 7.05 Å². The van der Waals surface area contributed by atoms with Crippen molar-refractivity contribution in [2.45, 2.75) is 32.2 Å². The van der Waals surface area contributed by atoms with E-state index in [-0.39, 0.29) is 11.3 Å². The van der Waals surface area contributed by atoms with Crippen LogP contribution in [0.5, 0.6) is 5.75 Å². The molecule has 0 unspecified atom stereocenters. The molecule has 1 saturated heterocycles. The predicted octanol–water partition coefficient (Wildman–Crippen LogP) is 2.84. The van der Waals surface area contributed by atoms with Gasteiger partial charge in [0, 0.05) is 25.8 Å². The number of hydrogen-bond donors (Lipinski definition) is 0. The third-order valence-electron chi connectivity index (χ3n) is 4.79. The van der Waals surface area contributed by atoms with Gasteiger partial charge in [-0.2, -0.15) is 5.10 Å². The Morgan fingerprint density at radius 3 is 2.92 bits per heavy atom. The minimum atomic E-state index is -0.453. The fraction of sp³-hybridized carbons (Fsp3) is 0.474. The molecule has 0 spiro atoms. The van der Waals surface area contributed by atoms with Crippen LogP contribution in [-0.2, 0) is 7.05 Å². The first-order valence-corrected chi connectivity index (χ1v) is 8.75. The fourth-order valence-corrected chi connectivity index (χ4v) is 3.29. The Morgan fingerprint density at radius 1 is 1.36 bits per heavy atom. The van der Waals surface area contributed by atoms with Crippen molar-refractivity contribution in [3.05, 3.63) is 46.6 Å². The minimum absolute atomic E-state index is 0.226. The van der Waals surface area contributed by atoms with E-state index in [0.29, 0.717) is 23.8 Å². The summed E-state index contributed by atoms with van der Waals surface area (Å²) in [4.78, 5) is 14.5. The maximum Gasteiger partial charge on any atom is 0.274 e. The van der Waals surface area contributed by atoms with Gasteiger partial charge >= 0.3 is 0 Å². The van der Waals surface area contributed by atoms with Gasteiger partial charge in [-0.05, 0) is 56.5 Å². The molecule has 0 saturated carbocycles. The van der Waals surface area contributed by atoms with E-state index in [1.807, 2.05) is 0 Å². The number of aromatic nitrogens is 2. The molecule has 0 radical (unpaired) electrons. The molecule has 3 rings (SSSR count). The zero-order chi connectivity index (χ0) is 17.8. The zero-order valence-electron chi connectivity index (χ0n) is 14.7. The number of hydrogen-bond acceptors (Lipinski definition) is 4. The van der Waals surface area contributed by atoms with Crippen LogP contribution in [0.3, 0.4) is 0 Å². The van der Waals surface area contributed by atoms with Crippen molar-refractivity contribution in [3.63, 3.8) is 0 Å². The minimum Gasteiger partial charge on any atom is -0.490 e. The smallest absolute Gasteiger partial charge is 0.274 e. The van der Waals surface area contributed by atoms with Crippen LogP contribution >= 0.6 is 0 Å². The molecule has 6 heteroatoms. The molecule has 25 heavy (non-hydrogen) atoms. The average molecular weight is 345 g/mol. The molecular formula is C19H24FN3O2. The Balaban J connectivity index is 1.60. The highest BCUT2D eigenvalue weighted by Gasteiger charge is 2.19. The van der Waals surface area contributed by atoms with Gasteiger partial charge < -0.3 is 9.64 Å². The number of nitrogens with zero attached hydrogens (tertiary/aromatic N) is 3. The number of rotatable bonds is 6. The summed E-state index contributed by atoms with van der Waals surface area (Å²) >= 11 is 0. The monoisotopic (exact) mass is 345 g/mol. The summed E-state index contributed by atoms with van der Waals surface area (Å²) in [6, 6.07) is 6.86. The molecule has 1 atom stereocenters. The first kappa shape index (κ1) is 17.6. The summed E-state index contributed by atoms with van der Waals surface area (Å²) in [6.45, 7) is 4.85. The Kier molecular flexibility index (Phi) is 5.48. The molecule has 1 aromatic carbocycles. The Morgan fingerprint density at radius 2 is 2.20 bits per heavy atom. The summed E-state index contributed by atoms with van der Waals surface area (Å²) < 4.78 is 21.1. The zero-order valence-corrected chi connectivity index (χ0v) is 14.7. The summed E-state index contributed by atoms with van der Waals surface area (Å²) in [5.74, 6) is -0.227. The van der Waals surface area contributed by atoms with Crippen LogP contribution < -0.4 is 10.3 Å². The largest absolute Gasteiger partial charge is 0.490 e. The van der Waals surface area contributed by atoms with Crippen LogP contribution in [-0.4, -0.2) is 40.4 Å². The van der Waals surface area contributed by atoms with Gasteiger partial charge in [0.2, 0.25) is 0 Å². The molecule has 134 valence electrons. The highest BCUT2D eigenvalue weighted by Crippen LogP contribution is 2.24. The lowest BCUT2D eigenvalue weighted by Crippen LogP contribution is -2.28. The Bertz CT molecular complexity index is 790. The molecular weight excluding hydrogens is 321 g/mol. The van der Waals surface area contributed by atoms with Gasteiger partial charge in [0.05, 0.1) is 12.2 Å². The lowest BCUT2D eigenvalue weighted by molar-refractivity contribution is 0.226. The molecule has 1 aliphatic rings. The molecule has 5 nitrogen and oxygen atoms in total. The van der Waals surface area contributed by atoms with Gasteiger partial charge in [0.1, 0.15) is 0 Å². The van der Waals surface area contributed by atoms with E-state index in [1.54, 1.807) is 25.2 Å². The number of likely N-dealkylation sites (tertiary alicyclic amines) is 1.